The first-order valence-electron chi connectivity index (χ1n) is 4.80. The molecule has 0 aromatic carbocycles. The summed E-state index contributed by atoms with van der Waals surface area (Å²) >= 11 is 0. The number of ether oxygens (including phenoxy) is 3. The summed E-state index contributed by atoms with van der Waals surface area (Å²) in [5, 5.41) is 2.51. The topological polar surface area (TPSA) is 56.8 Å². The van der Waals surface area contributed by atoms with Crippen molar-refractivity contribution in [3.8, 4) is 0 Å². The van der Waals surface area contributed by atoms with Gasteiger partial charge in [0.05, 0.1) is 6.61 Å². The van der Waals surface area contributed by atoms with Crippen molar-refractivity contribution < 1.29 is 19.0 Å². The molecule has 0 radical (unpaired) electrons. The molecule has 82 valence electrons. The van der Waals surface area contributed by atoms with E-state index in [-0.39, 0.29) is 6.10 Å². The predicted octanol–water partition coefficient (Wildman–Crippen LogP) is 0.578. The highest BCUT2D eigenvalue weighted by Crippen LogP contribution is 2.23. The Morgan fingerprint density at radius 1 is 1.67 bits per heavy atom. The van der Waals surface area contributed by atoms with Crippen LogP contribution in [0.3, 0.4) is 0 Å². The predicted molar refractivity (Wildman–Crippen MR) is 52.2 cm³/mol. The van der Waals surface area contributed by atoms with Gasteiger partial charge >= 0.3 is 6.09 Å². The summed E-state index contributed by atoms with van der Waals surface area (Å²) in [6.07, 6.45) is 3.79. The summed E-state index contributed by atoms with van der Waals surface area (Å²) in [5.41, 5.74) is 0. The molecule has 1 saturated heterocycles. The molecule has 2 aliphatic rings. The molecule has 2 bridgehead atoms. The average molecular weight is 211 g/mol. The summed E-state index contributed by atoms with van der Waals surface area (Å²) in [6, 6.07) is 0. The third-order valence-electron chi connectivity index (χ3n) is 2.15. The molecular weight excluding hydrogens is 198 g/mol. The van der Waals surface area contributed by atoms with E-state index in [0.29, 0.717) is 13.2 Å². The van der Waals surface area contributed by atoms with Gasteiger partial charge in [0.15, 0.2) is 12.4 Å². The molecule has 0 aromatic heterocycles. The maximum atomic E-state index is 11.2. The van der Waals surface area contributed by atoms with Crippen LogP contribution in [-0.4, -0.2) is 37.7 Å². The summed E-state index contributed by atoms with van der Waals surface area (Å²) in [6.45, 7) is 4.39. The number of nitrogens with one attached hydrogen (secondary N) is 1. The molecule has 1 fully saturated rings. The number of hydrogen-bond acceptors (Lipinski definition) is 4. The van der Waals surface area contributed by atoms with E-state index >= 15 is 0 Å². The quantitative estimate of drug-likeness (QED) is 0.694. The molecule has 0 spiro atoms. The van der Waals surface area contributed by atoms with Crippen molar-refractivity contribution in [2.45, 2.75) is 18.5 Å². The Balaban J connectivity index is 1.84. The van der Waals surface area contributed by atoms with Crippen molar-refractivity contribution in [1.82, 2.24) is 5.32 Å². The molecule has 15 heavy (non-hydrogen) atoms. The summed E-state index contributed by atoms with van der Waals surface area (Å²) < 4.78 is 15.8. The highest BCUT2D eigenvalue weighted by molar-refractivity contribution is 5.67. The van der Waals surface area contributed by atoms with Crippen molar-refractivity contribution in [3.63, 3.8) is 0 Å². The summed E-state index contributed by atoms with van der Waals surface area (Å²) in [4.78, 5) is 11.2. The largest absolute Gasteiger partial charge is 0.437 e. The van der Waals surface area contributed by atoms with Crippen LogP contribution in [0.15, 0.2) is 24.8 Å². The van der Waals surface area contributed by atoms with E-state index in [4.69, 9.17) is 14.2 Å². The molecule has 0 aromatic rings. The molecule has 5 heteroatoms. The Morgan fingerprint density at radius 3 is 3.33 bits per heavy atom. The first-order chi connectivity index (χ1) is 7.29. The fourth-order valence-electron chi connectivity index (χ4n) is 1.45. The lowest BCUT2D eigenvalue weighted by Gasteiger charge is -2.22. The zero-order chi connectivity index (χ0) is 10.7. The van der Waals surface area contributed by atoms with Crippen molar-refractivity contribution in [1.29, 1.82) is 0 Å². The van der Waals surface area contributed by atoms with Gasteiger partial charge in [0, 0.05) is 6.54 Å². The van der Waals surface area contributed by atoms with Gasteiger partial charge in [-0.2, -0.15) is 0 Å². The van der Waals surface area contributed by atoms with Gasteiger partial charge in [-0.1, -0.05) is 12.2 Å². The van der Waals surface area contributed by atoms with E-state index in [0.717, 1.165) is 0 Å². The minimum absolute atomic E-state index is 0.00564. The fraction of sp³-hybridized carbons (Fsp3) is 0.500. The lowest BCUT2D eigenvalue weighted by molar-refractivity contribution is -0.117. The maximum Gasteiger partial charge on any atom is 0.408 e. The van der Waals surface area contributed by atoms with Crippen molar-refractivity contribution in [3.05, 3.63) is 24.8 Å². The number of hydrogen-bond donors (Lipinski definition) is 1. The lowest BCUT2D eigenvalue weighted by atomic mass is 10.2. The van der Waals surface area contributed by atoms with Crippen molar-refractivity contribution >= 4 is 6.09 Å². The van der Waals surface area contributed by atoms with Crippen molar-refractivity contribution in [2.75, 3.05) is 13.2 Å². The summed E-state index contributed by atoms with van der Waals surface area (Å²) in [7, 11) is 0. The van der Waals surface area contributed by atoms with E-state index < -0.39 is 18.5 Å². The maximum absolute atomic E-state index is 11.2. The smallest absolute Gasteiger partial charge is 0.408 e. The minimum atomic E-state index is -0.498. The van der Waals surface area contributed by atoms with E-state index in [1.54, 1.807) is 12.2 Å². The molecule has 0 aliphatic carbocycles. The first-order valence-corrected chi connectivity index (χ1v) is 4.80. The zero-order valence-electron chi connectivity index (χ0n) is 8.22. The van der Waals surface area contributed by atoms with E-state index in [1.165, 1.54) is 0 Å². The van der Waals surface area contributed by atoms with Crippen LogP contribution in [0.25, 0.3) is 0 Å². The molecule has 2 rings (SSSR count). The van der Waals surface area contributed by atoms with Crippen LogP contribution in [0, 0.1) is 0 Å². The number of carbonyl (C=O) groups is 1. The number of alkyl carbamates (subject to hydrolysis) is 1. The fourth-order valence-corrected chi connectivity index (χ4v) is 1.45. The lowest BCUT2D eigenvalue weighted by Crippen LogP contribution is -2.37. The van der Waals surface area contributed by atoms with Gasteiger partial charge in [-0.15, -0.1) is 6.58 Å². The Bertz CT molecular complexity index is 289. The van der Waals surface area contributed by atoms with Gasteiger partial charge in [-0.05, 0) is 6.08 Å². The Morgan fingerprint density at radius 2 is 2.53 bits per heavy atom. The Labute approximate surface area is 87.7 Å². The van der Waals surface area contributed by atoms with Crippen LogP contribution >= 0.6 is 0 Å². The molecule has 1 N–H and O–H groups in total. The third-order valence-corrected chi connectivity index (χ3v) is 2.15. The molecular formula is C10H13NO4. The van der Waals surface area contributed by atoms with Gasteiger partial charge < -0.3 is 19.5 Å². The van der Waals surface area contributed by atoms with Crippen LogP contribution < -0.4 is 5.32 Å². The molecule has 3 atom stereocenters. The standard InChI is InChI=1S/C10H13NO4/c1-2-5-11-10(12)15-8-4-3-7-6-13-9(8)14-7/h2-4,7-9H,1,5-6H2,(H,11,12). The highest BCUT2D eigenvalue weighted by Gasteiger charge is 2.36. The number of rotatable bonds is 3. The van der Waals surface area contributed by atoms with E-state index in [2.05, 4.69) is 11.9 Å². The van der Waals surface area contributed by atoms with Gasteiger partial charge in [0.2, 0.25) is 0 Å². The van der Waals surface area contributed by atoms with Gasteiger partial charge in [0.25, 0.3) is 0 Å². The molecule has 0 saturated carbocycles. The molecule has 3 unspecified atom stereocenters. The second-order valence-corrected chi connectivity index (χ2v) is 3.30. The average Bonchev–Trinajstić information content (AvgIpc) is 2.63. The number of amides is 1. The van der Waals surface area contributed by atoms with Crippen molar-refractivity contribution in [2.24, 2.45) is 0 Å². The van der Waals surface area contributed by atoms with E-state index in [1.807, 2.05) is 6.08 Å². The second-order valence-electron chi connectivity index (χ2n) is 3.30. The summed E-state index contributed by atoms with van der Waals surface area (Å²) in [5.74, 6) is 0. The molecule has 1 amide bonds. The van der Waals surface area contributed by atoms with Crippen LogP contribution in [0.1, 0.15) is 0 Å². The number of carbonyl (C=O) groups excluding carboxylic acids is 1. The normalized spacial score (nSPS) is 32.4. The molecule has 2 aliphatic heterocycles. The van der Waals surface area contributed by atoms with Gasteiger partial charge in [-0.25, -0.2) is 4.79 Å². The van der Waals surface area contributed by atoms with Crippen LogP contribution in [0.2, 0.25) is 0 Å². The first kappa shape index (κ1) is 10.2. The van der Waals surface area contributed by atoms with Gasteiger partial charge in [0.1, 0.15) is 6.10 Å². The SMILES string of the molecule is C=CCNC(=O)OC1C=CC2COC1O2. The van der Waals surface area contributed by atoms with E-state index in [9.17, 15) is 4.79 Å². The van der Waals surface area contributed by atoms with Gasteiger partial charge in [-0.3, -0.25) is 0 Å². The highest BCUT2D eigenvalue weighted by atomic mass is 16.7. The Hall–Kier alpha value is -1.33. The molecule has 2 heterocycles. The zero-order valence-corrected chi connectivity index (χ0v) is 8.22. The van der Waals surface area contributed by atoms with Crippen LogP contribution in [-0.2, 0) is 14.2 Å². The molecule has 5 nitrogen and oxygen atoms in total. The third kappa shape index (κ3) is 2.37. The number of fused-ring (bicyclic) bond motifs is 2. The van der Waals surface area contributed by atoms with Crippen LogP contribution in [0.4, 0.5) is 4.79 Å². The second kappa shape index (κ2) is 4.46. The Kier molecular flexibility index (Phi) is 3.03. The monoisotopic (exact) mass is 211 g/mol. The minimum Gasteiger partial charge on any atom is -0.437 e. The van der Waals surface area contributed by atoms with Crippen LogP contribution in [0.5, 0.6) is 0 Å².